The highest BCUT2D eigenvalue weighted by molar-refractivity contribution is 9.11. The van der Waals surface area contributed by atoms with E-state index in [0.717, 1.165) is 11.3 Å². The number of sulfone groups is 1. The van der Waals surface area contributed by atoms with Crippen LogP contribution < -0.4 is 10.5 Å². The first-order valence-corrected chi connectivity index (χ1v) is 8.49. The maximum Gasteiger partial charge on any atom is 0.212 e. The van der Waals surface area contributed by atoms with Gasteiger partial charge in [0.25, 0.3) is 0 Å². The highest BCUT2D eigenvalue weighted by atomic mass is 79.9. The van der Waals surface area contributed by atoms with Crippen molar-refractivity contribution in [2.24, 2.45) is 5.73 Å². The first-order chi connectivity index (χ1) is 9.37. The van der Waals surface area contributed by atoms with E-state index in [1.807, 2.05) is 0 Å². The fraction of sp³-hybridized carbons (Fsp3) is 0.0833. The molecule has 3 N–H and O–H groups in total. The molecule has 0 fully saturated rings. The van der Waals surface area contributed by atoms with Crippen LogP contribution in [0.15, 0.2) is 43.9 Å². The number of nitrogens with one attached hydrogen (secondary N) is 1. The summed E-state index contributed by atoms with van der Waals surface area (Å²) in [6.07, 6.45) is 0. The van der Waals surface area contributed by atoms with E-state index in [9.17, 15) is 8.42 Å². The molecular formula is C12H11BrN2O3S2. The number of ether oxygens (including phenoxy) is 1. The third-order valence-electron chi connectivity index (χ3n) is 2.57. The zero-order valence-electron chi connectivity index (χ0n) is 10.4. The van der Waals surface area contributed by atoms with Gasteiger partial charge in [0.2, 0.25) is 9.84 Å². The SMILES string of the molecule is COc1ccccc1S(=O)(=O)c1cc(C(=N)N)sc1Br. The largest absolute Gasteiger partial charge is 0.495 e. The molecule has 0 radical (unpaired) electrons. The van der Waals surface area contributed by atoms with Crippen molar-refractivity contribution in [3.63, 3.8) is 0 Å². The third-order valence-corrected chi connectivity index (χ3v) is 6.65. The van der Waals surface area contributed by atoms with Crippen LogP contribution in [0.1, 0.15) is 4.88 Å². The van der Waals surface area contributed by atoms with E-state index in [2.05, 4.69) is 15.9 Å². The summed E-state index contributed by atoms with van der Waals surface area (Å²) in [7, 11) is -2.32. The van der Waals surface area contributed by atoms with E-state index in [1.54, 1.807) is 18.2 Å². The Bertz CT molecular complexity index is 769. The van der Waals surface area contributed by atoms with Crippen LogP contribution in [0.2, 0.25) is 0 Å². The standard InChI is InChI=1S/C12H11BrN2O3S2/c1-18-7-4-2-3-5-9(7)20(16,17)10-6-8(12(14)15)19-11(10)13/h2-6H,1H3,(H3,14,15). The zero-order valence-corrected chi connectivity index (χ0v) is 13.6. The minimum Gasteiger partial charge on any atom is -0.495 e. The number of hydrogen-bond donors (Lipinski definition) is 2. The summed E-state index contributed by atoms with van der Waals surface area (Å²) in [5.74, 6) is 0.104. The molecule has 0 bridgehead atoms. The van der Waals surface area contributed by atoms with Gasteiger partial charge < -0.3 is 10.5 Å². The number of hydrogen-bond acceptors (Lipinski definition) is 5. The third kappa shape index (κ3) is 2.58. The van der Waals surface area contributed by atoms with Gasteiger partial charge in [0.05, 0.1) is 20.7 Å². The number of nitrogen functional groups attached to an aromatic ring is 1. The second kappa shape index (κ2) is 5.55. The average molecular weight is 375 g/mol. The molecular weight excluding hydrogens is 364 g/mol. The Hall–Kier alpha value is -1.38. The molecule has 8 heteroatoms. The minimum absolute atomic E-state index is 0.0797. The molecule has 0 saturated carbocycles. The highest BCUT2D eigenvalue weighted by Crippen LogP contribution is 2.37. The lowest BCUT2D eigenvalue weighted by Crippen LogP contribution is -2.09. The van der Waals surface area contributed by atoms with Crippen LogP contribution in [-0.4, -0.2) is 21.4 Å². The lowest BCUT2D eigenvalue weighted by Gasteiger charge is -2.08. The van der Waals surface area contributed by atoms with Gasteiger partial charge in [0, 0.05) is 0 Å². The van der Waals surface area contributed by atoms with Crippen LogP contribution in [0.5, 0.6) is 5.75 Å². The Morgan fingerprint density at radius 3 is 2.55 bits per heavy atom. The van der Waals surface area contributed by atoms with Crippen molar-refractivity contribution in [1.29, 1.82) is 5.41 Å². The molecule has 106 valence electrons. The molecule has 0 aliphatic rings. The lowest BCUT2D eigenvalue weighted by atomic mass is 10.3. The van der Waals surface area contributed by atoms with Crippen LogP contribution in [-0.2, 0) is 9.84 Å². The van der Waals surface area contributed by atoms with Crippen molar-refractivity contribution >= 4 is 42.9 Å². The molecule has 1 aromatic carbocycles. The molecule has 0 amide bonds. The number of methoxy groups -OCH3 is 1. The smallest absolute Gasteiger partial charge is 0.212 e. The maximum atomic E-state index is 12.7. The van der Waals surface area contributed by atoms with Crippen LogP contribution in [0.3, 0.4) is 0 Å². The molecule has 1 heterocycles. The van der Waals surface area contributed by atoms with Gasteiger partial charge in [-0.05, 0) is 34.1 Å². The van der Waals surface area contributed by atoms with E-state index >= 15 is 0 Å². The van der Waals surface area contributed by atoms with Crippen molar-refractivity contribution in [3.8, 4) is 5.75 Å². The molecule has 2 rings (SSSR count). The van der Waals surface area contributed by atoms with Gasteiger partial charge in [-0.3, -0.25) is 5.41 Å². The van der Waals surface area contributed by atoms with Gasteiger partial charge in [0.1, 0.15) is 16.5 Å². The molecule has 0 spiro atoms. The normalized spacial score (nSPS) is 11.3. The lowest BCUT2D eigenvalue weighted by molar-refractivity contribution is 0.402. The van der Waals surface area contributed by atoms with Crippen LogP contribution in [0, 0.1) is 5.41 Å². The zero-order chi connectivity index (χ0) is 14.9. The predicted molar refractivity (Wildman–Crippen MR) is 81.5 cm³/mol. The first-order valence-electron chi connectivity index (χ1n) is 5.39. The Morgan fingerprint density at radius 1 is 1.35 bits per heavy atom. The highest BCUT2D eigenvalue weighted by Gasteiger charge is 2.26. The molecule has 0 atom stereocenters. The average Bonchev–Trinajstić information content (AvgIpc) is 2.81. The van der Waals surface area contributed by atoms with Gasteiger partial charge in [-0.15, -0.1) is 11.3 Å². The molecule has 5 nitrogen and oxygen atoms in total. The maximum absolute atomic E-state index is 12.7. The Kier molecular flexibility index (Phi) is 4.17. The van der Waals surface area contributed by atoms with Crippen molar-refractivity contribution in [2.45, 2.75) is 9.79 Å². The Labute approximate surface area is 128 Å². The number of thiophene rings is 1. The van der Waals surface area contributed by atoms with Crippen molar-refractivity contribution in [3.05, 3.63) is 39.0 Å². The number of para-hydroxylation sites is 1. The molecule has 1 aromatic heterocycles. The van der Waals surface area contributed by atoms with E-state index in [-0.39, 0.29) is 21.4 Å². The summed E-state index contributed by atoms with van der Waals surface area (Å²) in [5, 5.41) is 7.38. The van der Waals surface area contributed by atoms with Crippen LogP contribution in [0.4, 0.5) is 0 Å². The molecule has 0 saturated heterocycles. The van der Waals surface area contributed by atoms with Gasteiger partial charge in [-0.25, -0.2) is 8.42 Å². The van der Waals surface area contributed by atoms with Gasteiger partial charge in [-0.2, -0.15) is 0 Å². The number of rotatable bonds is 4. The van der Waals surface area contributed by atoms with E-state index in [1.165, 1.54) is 19.2 Å². The molecule has 20 heavy (non-hydrogen) atoms. The van der Waals surface area contributed by atoms with E-state index in [4.69, 9.17) is 15.9 Å². The van der Waals surface area contributed by atoms with Crippen molar-refractivity contribution in [2.75, 3.05) is 7.11 Å². The van der Waals surface area contributed by atoms with Gasteiger partial charge >= 0.3 is 0 Å². The minimum atomic E-state index is -3.74. The second-order valence-corrected chi connectivity index (χ2v) is 8.07. The van der Waals surface area contributed by atoms with E-state index in [0.29, 0.717) is 8.66 Å². The van der Waals surface area contributed by atoms with E-state index < -0.39 is 9.84 Å². The number of halogens is 1. The second-order valence-electron chi connectivity index (χ2n) is 3.82. The fourth-order valence-corrected chi connectivity index (χ4v) is 5.47. The summed E-state index contributed by atoms with van der Waals surface area (Å²) >= 11 is 4.32. The summed E-state index contributed by atoms with van der Waals surface area (Å²) in [5.41, 5.74) is 5.39. The van der Waals surface area contributed by atoms with Crippen LogP contribution in [0.25, 0.3) is 0 Å². The predicted octanol–water partition coefficient (Wildman–Crippen LogP) is 2.64. The molecule has 0 aliphatic carbocycles. The van der Waals surface area contributed by atoms with Gasteiger partial charge in [0.15, 0.2) is 0 Å². The molecule has 2 aromatic rings. The van der Waals surface area contributed by atoms with Crippen molar-refractivity contribution < 1.29 is 13.2 Å². The number of nitrogens with two attached hydrogens (primary N) is 1. The topological polar surface area (TPSA) is 93.2 Å². The summed E-state index contributed by atoms with van der Waals surface area (Å²) in [6, 6.07) is 7.77. The molecule has 0 aliphatic heterocycles. The summed E-state index contributed by atoms with van der Waals surface area (Å²) in [4.78, 5) is 0.554. The van der Waals surface area contributed by atoms with Crippen molar-refractivity contribution in [1.82, 2.24) is 0 Å². The van der Waals surface area contributed by atoms with Crippen LogP contribution >= 0.6 is 27.3 Å². The Morgan fingerprint density at radius 2 is 2.00 bits per heavy atom. The summed E-state index contributed by atoms with van der Waals surface area (Å²) < 4.78 is 30.8. The number of amidine groups is 1. The first kappa shape index (κ1) is 15.0. The molecule has 0 unspecified atom stereocenters. The Balaban J connectivity index is 2.64. The summed E-state index contributed by atoms with van der Waals surface area (Å²) in [6.45, 7) is 0. The van der Waals surface area contributed by atoms with Gasteiger partial charge in [-0.1, -0.05) is 12.1 Å². The fourth-order valence-electron chi connectivity index (χ4n) is 1.63. The quantitative estimate of drug-likeness (QED) is 0.635. The number of benzene rings is 1. The monoisotopic (exact) mass is 374 g/mol.